The van der Waals surface area contributed by atoms with E-state index < -0.39 is 127 Å². The van der Waals surface area contributed by atoms with Crippen LogP contribution in [0.2, 0.25) is 0 Å². The van der Waals surface area contributed by atoms with Gasteiger partial charge in [-0.2, -0.15) is 0 Å². The highest BCUT2D eigenvalue weighted by Crippen LogP contribution is 2.40. The molecular weight excluding hydrogens is 728 g/mol. The van der Waals surface area contributed by atoms with E-state index in [1.54, 1.807) is 0 Å². The van der Waals surface area contributed by atoms with Crippen molar-refractivity contribution in [3.8, 4) is 40.1 Å². The number of fused-ring (bicyclic) bond motifs is 1. The van der Waals surface area contributed by atoms with Crippen LogP contribution in [0.5, 0.6) is 28.7 Å². The lowest BCUT2D eigenvalue weighted by Gasteiger charge is -2.46. The van der Waals surface area contributed by atoms with E-state index in [0.29, 0.717) is 0 Å². The normalized spacial score (nSPS) is 37.3. The SMILES string of the molecule is COc1cc(O)c2c(=O)c(O[C@@H]3O[C@H](CO[C@@H]4O[C@@H](C)[C@H](O)[C@@H](O[C@@H]5O[C@@H](C)[C@H](O)[C@@H](O)[C@H]5O)[C@H]4O)[C@@H](O)[C@H](O)[C@H]3O)c(-c3ccc(O)c(O)c3)oc2c1. The van der Waals surface area contributed by atoms with E-state index in [-0.39, 0.29) is 28.0 Å². The van der Waals surface area contributed by atoms with Gasteiger partial charge in [-0.05, 0) is 32.0 Å². The molecule has 1 aromatic heterocycles. The molecule has 3 saturated heterocycles. The van der Waals surface area contributed by atoms with Crippen LogP contribution >= 0.6 is 0 Å². The summed E-state index contributed by atoms with van der Waals surface area (Å²) >= 11 is 0. The van der Waals surface area contributed by atoms with Crippen molar-refractivity contribution in [1.82, 2.24) is 0 Å². The van der Waals surface area contributed by atoms with Crippen LogP contribution in [0.15, 0.2) is 39.5 Å². The van der Waals surface area contributed by atoms with Gasteiger partial charge in [-0.1, -0.05) is 0 Å². The van der Waals surface area contributed by atoms with Gasteiger partial charge in [-0.15, -0.1) is 0 Å². The number of methoxy groups -OCH3 is 1. The Morgan fingerprint density at radius 2 is 1.31 bits per heavy atom. The number of hydrogen-bond acceptors (Lipinski definition) is 20. The zero-order chi connectivity index (χ0) is 39.3. The molecule has 15 atom stereocenters. The molecule has 0 radical (unpaired) electrons. The van der Waals surface area contributed by atoms with Crippen LogP contribution in [-0.2, 0) is 23.7 Å². The maximum absolute atomic E-state index is 13.9. The summed E-state index contributed by atoms with van der Waals surface area (Å²) in [6.07, 6.45) is -24.3. The Labute approximate surface area is 305 Å². The van der Waals surface area contributed by atoms with Crippen LogP contribution in [-0.4, -0.2) is 162 Å². The molecule has 3 aliphatic rings. The van der Waals surface area contributed by atoms with Gasteiger partial charge < -0.3 is 93.7 Å². The molecule has 11 N–H and O–H groups in total. The molecule has 20 heteroatoms. The topological polar surface area (TPSA) is 317 Å². The van der Waals surface area contributed by atoms with Crippen LogP contribution < -0.4 is 14.9 Å². The summed E-state index contributed by atoms with van der Waals surface area (Å²) in [4.78, 5) is 13.9. The smallest absolute Gasteiger partial charge is 0.239 e. The molecule has 3 aliphatic heterocycles. The van der Waals surface area contributed by atoms with Crippen molar-refractivity contribution in [2.45, 2.75) is 106 Å². The Balaban J connectivity index is 1.24. The first kappa shape index (κ1) is 39.8. The molecule has 20 nitrogen and oxygen atoms in total. The molecule has 0 bridgehead atoms. The van der Waals surface area contributed by atoms with Crippen LogP contribution in [0.1, 0.15) is 13.8 Å². The Morgan fingerprint density at radius 3 is 2.00 bits per heavy atom. The molecule has 0 unspecified atom stereocenters. The first-order valence-electron chi connectivity index (χ1n) is 16.8. The van der Waals surface area contributed by atoms with E-state index >= 15 is 0 Å². The molecule has 3 aromatic rings. The first-order valence-corrected chi connectivity index (χ1v) is 16.8. The van der Waals surface area contributed by atoms with Crippen molar-refractivity contribution in [3.05, 3.63) is 40.6 Å². The number of phenolic OH excluding ortho intramolecular Hbond substituents is 3. The third kappa shape index (κ3) is 7.41. The number of ether oxygens (including phenoxy) is 7. The highest BCUT2D eigenvalue weighted by atomic mass is 16.7. The Morgan fingerprint density at radius 1 is 0.667 bits per heavy atom. The minimum Gasteiger partial charge on any atom is -0.507 e. The zero-order valence-electron chi connectivity index (χ0n) is 28.8. The van der Waals surface area contributed by atoms with Gasteiger partial charge in [0.2, 0.25) is 17.5 Å². The summed E-state index contributed by atoms with van der Waals surface area (Å²) in [6.45, 7) is 2.14. The summed E-state index contributed by atoms with van der Waals surface area (Å²) in [5, 5.41) is 115. The monoisotopic (exact) mass is 770 g/mol. The van der Waals surface area contributed by atoms with E-state index in [9.17, 15) is 61.0 Å². The highest BCUT2D eigenvalue weighted by molar-refractivity contribution is 5.88. The van der Waals surface area contributed by atoms with Gasteiger partial charge in [0.1, 0.15) is 83.5 Å². The number of aliphatic hydroxyl groups is 8. The van der Waals surface area contributed by atoms with Crippen molar-refractivity contribution >= 4 is 11.0 Å². The lowest BCUT2D eigenvalue weighted by molar-refractivity contribution is -0.358. The van der Waals surface area contributed by atoms with Gasteiger partial charge in [0, 0.05) is 17.7 Å². The van der Waals surface area contributed by atoms with Crippen molar-refractivity contribution in [1.29, 1.82) is 0 Å². The maximum Gasteiger partial charge on any atom is 0.239 e. The largest absolute Gasteiger partial charge is 0.507 e. The Bertz CT molecular complexity index is 1850. The molecule has 6 rings (SSSR count). The minimum absolute atomic E-state index is 0.0184. The zero-order valence-corrected chi connectivity index (χ0v) is 28.8. The van der Waals surface area contributed by atoms with Gasteiger partial charge >= 0.3 is 0 Å². The Hall–Kier alpha value is -3.87. The molecule has 0 saturated carbocycles. The lowest BCUT2D eigenvalue weighted by Crippen LogP contribution is -2.64. The third-order valence-corrected chi connectivity index (χ3v) is 9.59. The van der Waals surface area contributed by atoms with E-state index in [1.165, 1.54) is 33.1 Å². The quantitative estimate of drug-likeness (QED) is 0.0999. The fraction of sp³-hybridized carbons (Fsp3) is 0.559. The van der Waals surface area contributed by atoms with Gasteiger partial charge in [-0.3, -0.25) is 4.79 Å². The molecule has 4 heterocycles. The van der Waals surface area contributed by atoms with Gasteiger partial charge in [0.15, 0.2) is 29.8 Å². The van der Waals surface area contributed by atoms with E-state index in [0.717, 1.165) is 18.2 Å². The van der Waals surface area contributed by atoms with Gasteiger partial charge in [0.05, 0.1) is 25.9 Å². The summed E-state index contributed by atoms with van der Waals surface area (Å²) in [7, 11) is 1.31. The predicted molar refractivity (Wildman–Crippen MR) is 176 cm³/mol. The molecular formula is C34H42O20. The number of aromatic hydroxyl groups is 3. The van der Waals surface area contributed by atoms with Crippen LogP contribution in [0.4, 0.5) is 0 Å². The average molecular weight is 771 g/mol. The van der Waals surface area contributed by atoms with Crippen molar-refractivity contribution in [2.75, 3.05) is 13.7 Å². The summed E-state index contributed by atoms with van der Waals surface area (Å²) in [5.41, 5.74) is -1.20. The number of aliphatic hydroxyl groups excluding tert-OH is 8. The van der Waals surface area contributed by atoms with Crippen LogP contribution in [0.25, 0.3) is 22.3 Å². The van der Waals surface area contributed by atoms with E-state index in [2.05, 4.69) is 0 Å². The van der Waals surface area contributed by atoms with E-state index in [4.69, 9.17) is 37.6 Å². The minimum atomic E-state index is -2.01. The highest BCUT2D eigenvalue weighted by Gasteiger charge is 2.51. The second-order valence-electron chi connectivity index (χ2n) is 13.3. The van der Waals surface area contributed by atoms with Crippen molar-refractivity contribution < 1.29 is 93.7 Å². The summed E-state index contributed by atoms with van der Waals surface area (Å²) in [6, 6.07) is 5.81. The van der Waals surface area contributed by atoms with Crippen LogP contribution in [0, 0.1) is 0 Å². The molecule has 0 amide bonds. The second-order valence-corrected chi connectivity index (χ2v) is 13.3. The average Bonchev–Trinajstić information content (AvgIpc) is 3.14. The number of phenols is 3. The molecule has 54 heavy (non-hydrogen) atoms. The fourth-order valence-corrected chi connectivity index (χ4v) is 6.37. The maximum atomic E-state index is 13.9. The van der Waals surface area contributed by atoms with Crippen molar-refractivity contribution in [3.63, 3.8) is 0 Å². The first-order chi connectivity index (χ1) is 25.5. The Kier molecular flexibility index (Phi) is 11.6. The van der Waals surface area contributed by atoms with E-state index in [1.807, 2.05) is 0 Å². The third-order valence-electron chi connectivity index (χ3n) is 9.59. The second kappa shape index (κ2) is 15.7. The predicted octanol–water partition coefficient (Wildman–Crippen LogP) is -2.53. The summed E-state index contributed by atoms with van der Waals surface area (Å²) < 4.78 is 44.9. The molecule has 298 valence electrons. The number of hydrogen-bond donors (Lipinski definition) is 11. The lowest BCUT2D eigenvalue weighted by atomic mass is 9.97. The molecule has 0 spiro atoms. The summed E-state index contributed by atoms with van der Waals surface area (Å²) in [5.74, 6) is -2.63. The number of benzene rings is 2. The molecule has 3 fully saturated rings. The fourth-order valence-electron chi connectivity index (χ4n) is 6.37. The molecule has 2 aromatic carbocycles. The van der Waals surface area contributed by atoms with Crippen LogP contribution in [0.3, 0.4) is 0 Å². The van der Waals surface area contributed by atoms with Crippen molar-refractivity contribution in [2.24, 2.45) is 0 Å². The van der Waals surface area contributed by atoms with Gasteiger partial charge in [-0.25, -0.2) is 0 Å². The molecule has 0 aliphatic carbocycles. The standard InChI is InChI=1S/C34H42O20/c1-10-20(38)24(42)26(44)33(50-10)53-30-21(39)11(2)49-32(28(30)46)48-9-18-22(40)25(43)27(45)34(52-18)54-31-23(41)19-16(37)7-13(47-3)8-17(19)51-29(31)12-4-5-14(35)15(36)6-12/h4-8,10-11,18,20-22,24-28,30,32-40,42-46H,9H2,1-3H3/t10-,11-,18+,20-,21-,22+,24+,25-,26+,27+,28+,30+,32+,33-,34-/m0/s1. The van der Waals surface area contributed by atoms with Gasteiger partial charge in [0.25, 0.3) is 0 Å². The number of rotatable bonds is 9.